The van der Waals surface area contributed by atoms with E-state index in [2.05, 4.69) is 36.4 Å². The third kappa shape index (κ3) is 4.25. The van der Waals surface area contributed by atoms with E-state index in [9.17, 15) is 4.79 Å². The first-order valence-electron chi connectivity index (χ1n) is 7.66. The minimum atomic E-state index is -0.259. The summed E-state index contributed by atoms with van der Waals surface area (Å²) in [4.78, 5) is 16.3. The van der Waals surface area contributed by atoms with E-state index in [0.29, 0.717) is 16.6 Å². The number of hydrogen-bond donors (Lipinski definition) is 1. The van der Waals surface area contributed by atoms with Crippen LogP contribution in [0.25, 0.3) is 0 Å². The summed E-state index contributed by atoms with van der Waals surface area (Å²) >= 11 is 15.5. The highest BCUT2D eigenvalue weighted by Crippen LogP contribution is 2.22. The van der Waals surface area contributed by atoms with Crippen LogP contribution in [0.3, 0.4) is 0 Å². The lowest BCUT2D eigenvalue weighted by atomic mass is 10.2. The maximum absolute atomic E-state index is 12.2. The number of aromatic nitrogens is 5. The van der Waals surface area contributed by atoms with Crippen LogP contribution < -0.4 is 5.32 Å². The van der Waals surface area contributed by atoms with Crippen molar-refractivity contribution in [2.75, 3.05) is 5.32 Å². The number of rotatable bonds is 5. The molecular weight excluding hydrogens is 443 g/mol. The molecule has 2 heterocycles. The lowest BCUT2D eigenvalue weighted by Gasteiger charge is -2.05. The number of anilines is 1. The van der Waals surface area contributed by atoms with E-state index in [1.54, 1.807) is 21.5 Å². The number of nitrogens with one attached hydrogen (secondary N) is 1. The van der Waals surface area contributed by atoms with Crippen molar-refractivity contribution in [1.29, 1.82) is 0 Å². The van der Waals surface area contributed by atoms with Gasteiger partial charge in [-0.25, -0.2) is 9.67 Å². The number of hydrogen-bond acceptors (Lipinski definition) is 4. The molecule has 0 aliphatic heterocycles. The third-order valence-electron chi connectivity index (χ3n) is 3.72. The summed E-state index contributed by atoms with van der Waals surface area (Å²) < 4.78 is 4.11. The van der Waals surface area contributed by atoms with Crippen LogP contribution in [-0.2, 0) is 17.9 Å². The van der Waals surface area contributed by atoms with Gasteiger partial charge in [0, 0.05) is 10.0 Å². The lowest BCUT2D eigenvalue weighted by molar-refractivity contribution is -0.117. The van der Waals surface area contributed by atoms with Crippen molar-refractivity contribution in [2.24, 2.45) is 0 Å². The molecule has 0 aliphatic rings. The molecular formula is C16H15BrCl2N6O. The quantitative estimate of drug-likeness (QED) is 0.631. The zero-order valence-corrected chi connectivity index (χ0v) is 17.1. The molecule has 1 amide bonds. The van der Waals surface area contributed by atoms with E-state index >= 15 is 0 Å². The molecule has 0 aliphatic carbocycles. The Hall–Kier alpha value is -1.90. The molecule has 0 fully saturated rings. The summed E-state index contributed by atoms with van der Waals surface area (Å²) in [7, 11) is 0. The van der Waals surface area contributed by atoms with Crippen LogP contribution >= 0.6 is 39.1 Å². The molecule has 0 radical (unpaired) electrons. The van der Waals surface area contributed by atoms with E-state index in [1.165, 1.54) is 6.33 Å². The molecule has 1 N–H and O–H groups in total. The fourth-order valence-electron chi connectivity index (χ4n) is 2.38. The Bertz CT molecular complexity index is 968. The van der Waals surface area contributed by atoms with Gasteiger partial charge in [-0.15, -0.1) is 5.10 Å². The molecule has 0 unspecified atom stereocenters. The average Bonchev–Trinajstić information content (AvgIpc) is 3.10. The fraction of sp³-hybridized carbons (Fsp3) is 0.250. The molecule has 1 aromatic carbocycles. The number of halogens is 3. The number of carbonyl (C=O) groups excluding carboxylic acids is 1. The Morgan fingerprint density at radius 2 is 2.04 bits per heavy atom. The van der Waals surface area contributed by atoms with Crippen LogP contribution in [0.4, 0.5) is 5.95 Å². The van der Waals surface area contributed by atoms with Crippen LogP contribution in [-0.4, -0.2) is 30.5 Å². The second-order valence-corrected chi connectivity index (χ2v) is 7.33. The number of amides is 1. The van der Waals surface area contributed by atoms with Crippen LogP contribution in [0.2, 0.25) is 10.0 Å². The number of aryl methyl sites for hydroxylation is 1. The van der Waals surface area contributed by atoms with Gasteiger partial charge in [0.15, 0.2) is 0 Å². The SMILES string of the molecule is Cc1nn(CC(=O)Nc2ncn(Cc3ccc(Cl)cc3Cl)n2)c(C)c1Br. The van der Waals surface area contributed by atoms with Crippen molar-refractivity contribution in [1.82, 2.24) is 24.5 Å². The van der Waals surface area contributed by atoms with Gasteiger partial charge in [-0.3, -0.25) is 14.8 Å². The van der Waals surface area contributed by atoms with Crippen LogP contribution in [0.5, 0.6) is 0 Å². The summed E-state index contributed by atoms with van der Waals surface area (Å²) in [6.45, 7) is 4.26. The predicted molar refractivity (Wildman–Crippen MR) is 104 cm³/mol. The maximum atomic E-state index is 12.2. The van der Waals surface area contributed by atoms with Crippen molar-refractivity contribution < 1.29 is 4.79 Å². The van der Waals surface area contributed by atoms with Gasteiger partial charge in [0.05, 0.1) is 22.4 Å². The van der Waals surface area contributed by atoms with Crippen molar-refractivity contribution in [2.45, 2.75) is 26.9 Å². The van der Waals surface area contributed by atoms with Crippen molar-refractivity contribution >= 4 is 51.0 Å². The first kappa shape index (κ1) is 18.9. The Balaban J connectivity index is 1.64. The third-order valence-corrected chi connectivity index (χ3v) is 5.46. The second-order valence-electron chi connectivity index (χ2n) is 5.69. The molecule has 3 aromatic rings. The summed E-state index contributed by atoms with van der Waals surface area (Å²) in [6.07, 6.45) is 1.53. The molecule has 3 rings (SSSR count). The Morgan fingerprint density at radius 3 is 2.69 bits per heavy atom. The van der Waals surface area contributed by atoms with Gasteiger partial charge in [0.25, 0.3) is 0 Å². The zero-order chi connectivity index (χ0) is 18.8. The molecule has 0 spiro atoms. The van der Waals surface area contributed by atoms with Crippen molar-refractivity contribution in [3.05, 3.63) is 56.0 Å². The van der Waals surface area contributed by atoms with Gasteiger partial charge < -0.3 is 0 Å². The maximum Gasteiger partial charge on any atom is 0.248 e. The number of benzene rings is 1. The van der Waals surface area contributed by atoms with E-state index in [0.717, 1.165) is 21.4 Å². The summed E-state index contributed by atoms with van der Waals surface area (Å²) in [5.41, 5.74) is 2.57. The van der Waals surface area contributed by atoms with Crippen LogP contribution in [0.15, 0.2) is 29.0 Å². The van der Waals surface area contributed by atoms with Crippen LogP contribution in [0, 0.1) is 13.8 Å². The molecule has 10 heteroatoms. The van der Waals surface area contributed by atoms with E-state index in [1.807, 2.05) is 19.9 Å². The zero-order valence-electron chi connectivity index (χ0n) is 14.0. The molecule has 136 valence electrons. The lowest BCUT2D eigenvalue weighted by Crippen LogP contribution is -2.21. The van der Waals surface area contributed by atoms with Gasteiger partial charge in [-0.1, -0.05) is 29.3 Å². The topological polar surface area (TPSA) is 77.6 Å². The molecule has 0 bridgehead atoms. The normalized spacial score (nSPS) is 11.0. The Morgan fingerprint density at radius 1 is 1.27 bits per heavy atom. The minimum Gasteiger partial charge on any atom is -0.292 e. The minimum absolute atomic E-state index is 0.0792. The van der Waals surface area contributed by atoms with Gasteiger partial charge in [0.1, 0.15) is 12.9 Å². The molecule has 0 saturated heterocycles. The van der Waals surface area contributed by atoms with Crippen molar-refractivity contribution in [3.8, 4) is 0 Å². The predicted octanol–water partition coefficient (Wildman–Crippen LogP) is 3.85. The Labute approximate surface area is 168 Å². The molecule has 0 saturated carbocycles. The summed E-state index contributed by atoms with van der Waals surface area (Å²) in [6, 6.07) is 5.25. The first-order valence-corrected chi connectivity index (χ1v) is 9.21. The first-order chi connectivity index (χ1) is 12.3. The second kappa shape index (κ2) is 7.77. The van der Waals surface area contributed by atoms with E-state index in [-0.39, 0.29) is 18.4 Å². The smallest absolute Gasteiger partial charge is 0.248 e. The highest BCUT2D eigenvalue weighted by atomic mass is 79.9. The van der Waals surface area contributed by atoms with Gasteiger partial charge >= 0.3 is 0 Å². The van der Waals surface area contributed by atoms with Crippen LogP contribution in [0.1, 0.15) is 17.0 Å². The molecule has 7 nitrogen and oxygen atoms in total. The highest BCUT2D eigenvalue weighted by Gasteiger charge is 2.13. The van der Waals surface area contributed by atoms with Gasteiger partial charge in [-0.2, -0.15) is 5.10 Å². The van der Waals surface area contributed by atoms with Crippen molar-refractivity contribution in [3.63, 3.8) is 0 Å². The summed E-state index contributed by atoms with van der Waals surface area (Å²) in [5.74, 6) is -0.0361. The fourth-order valence-corrected chi connectivity index (χ4v) is 3.13. The Kier molecular flexibility index (Phi) is 5.64. The van der Waals surface area contributed by atoms with Gasteiger partial charge in [0.2, 0.25) is 11.9 Å². The largest absolute Gasteiger partial charge is 0.292 e. The summed E-state index contributed by atoms with van der Waals surface area (Å²) in [5, 5.41) is 12.3. The standard InChI is InChI=1S/C16H15BrCl2N6O/c1-9-15(17)10(2)25(22-9)7-14(26)21-16-20-8-24(23-16)6-11-3-4-12(18)5-13(11)19/h3-5,8H,6-7H2,1-2H3,(H,21,23,26). The monoisotopic (exact) mass is 456 g/mol. The number of carbonyl (C=O) groups is 1. The molecule has 0 atom stereocenters. The average molecular weight is 458 g/mol. The van der Waals surface area contributed by atoms with E-state index < -0.39 is 0 Å². The highest BCUT2D eigenvalue weighted by molar-refractivity contribution is 9.10. The van der Waals surface area contributed by atoms with Gasteiger partial charge in [-0.05, 0) is 47.5 Å². The molecule has 26 heavy (non-hydrogen) atoms. The number of nitrogens with zero attached hydrogens (tertiary/aromatic N) is 5. The molecule has 2 aromatic heterocycles. The van der Waals surface area contributed by atoms with E-state index in [4.69, 9.17) is 23.2 Å².